The molecule has 0 aliphatic heterocycles. The van der Waals surface area contributed by atoms with Crippen LogP contribution in [0.5, 0.6) is 0 Å². The number of fused-ring (bicyclic) bond motifs is 1. The van der Waals surface area contributed by atoms with E-state index in [-0.39, 0.29) is 11.1 Å². The van der Waals surface area contributed by atoms with Gasteiger partial charge < -0.3 is 9.13 Å². The van der Waals surface area contributed by atoms with Crippen molar-refractivity contribution in [3.8, 4) is 0 Å². The maximum absolute atomic E-state index is 11.7. The van der Waals surface area contributed by atoms with Crippen LogP contribution in [0.2, 0.25) is 0 Å². The van der Waals surface area contributed by atoms with E-state index in [1.165, 1.54) is 21.5 Å². The molecule has 0 amide bonds. The molecule has 0 aliphatic rings. The second-order valence-electron chi connectivity index (χ2n) is 3.13. The second-order valence-corrected chi connectivity index (χ2v) is 3.13. The molecule has 2 heterocycles. The van der Waals surface area contributed by atoms with Crippen molar-refractivity contribution < 1.29 is 0 Å². The molecule has 0 bridgehead atoms. The Morgan fingerprint density at radius 2 is 1.93 bits per heavy atom. The van der Waals surface area contributed by atoms with E-state index >= 15 is 0 Å². The van der Waals surface area contributed by atoms with Gasteiger partial charge in [-0.2, -0.15) is 0 Å². The number of rotatable bonds is 0. The van der Waals surface area contributed by atoms with Crippen LogP contribution in [0.4, 0.5) is 0 Å². The largest absolute Gasteiger partial charge is 0.305 e. The Labute approximate surface area is 79.2 Å². The van der Waals surface area contributed by atoms with Crippen LogP contribution < -0.4 is 11.1 Å². The van der Waals surface area contributed by atoms with Crippen LogP contribution in [0.15, 0.2) is 28.0 Å². The molecule has 72 valence electrons. The Morgan fingerprint density at radius 3 is 2.64 bits per heavy atom. The molecule has 14 heavy (non-hydrogen) atoms. The Kier molecular flexibility index (Phi) is 1.73. The Morgan fingerprint density at radius 1 is 1.21 bits per heavy atom. The summed E-state index contributed by atoms with van der Waals surface area (Å²) in [6, 6.07) is 2.95. The highest BCUT2D eigenvalue weighted by Gasteiger charge is 2.05. The van der Waals surface area contributed by atoms with Gasteiger partial charge >= 0.3 is 0 Å². The summed E-state index contributed by atoms with van der Waals surface area (Å²) in [7, 11) is 3.17. The zero-order chi connectivity index (χ0) is 10.3. The third-order valence-corrected chi connectivity index (χ3v) is 2.19. The lowest BCUT2D eigenvalue weighted by molar-refractivity contribution is 0.811. The van der Waals surface area contributed by atoms with Crippen molar-refractivity contribution in [2.24, 2.45) is 14.1 Å². The first-order valence-corrected chi connectivity index (χ1v) is 4.12. The van der Waals surface area contributed by atoms with Gasteiger partial charge in [0.2, 0.25) is 0 Å². The van der Waals surface area contributed by atoms with Gasteiger partial charge in [0.25, 0.3) is 11.1 Å². The van der Waals surface area contributed by atoms with Gasteiger partial charge in [-0.1, -0.05) is 0 Å². The van der Waals surface area contributed by atoms with E-state index in [1.54, 1.807) is 20.2 Å². The summed E-state index contributed by atoms with van der Waals surface area (Å²) in [5.41, 5.74) is 0.454. The third kappa shape index (κ3) is 1.06. The van der Waals surface area contributed by atoms with Crippen molar-refractivity contribution in [3.63, 3.8) is 0 Å². The topological polar surface area (TPSA) is 56.9 Å². The Hall–Kier alpha value is -1.91. The highest BCUT2D eigenvalue weighted by atomic mass is 16.1. The SMILES string of the molecule is Cn1cnc2ccc(=O)n(C)c2c1=O. The molecule has 0 spiro atoms. The molecular weight excluding hydrogens is 182 g/mol. The minimum atomic E-state index is -0.213. The fourth-order valence-electron chi connectivity index (χ4n) is 1.35. The Balaban J connectivity index is 3.14. The number of hydrogen-bond donors (Lipinski definition) is 0. The lowest BCUT2D eigenvalue weighted by atomic mass is 10.3. The summed E-state index contributed by atoms with van der Waals surface area (Å²) in [4.78, 5) is 27.0. The molecule has 0 radical (unpaired) electrons. The smallest absolute Gasteiger partial charge is 0.277 e. The predicted molar refractivity (Wildman–Crippen MR) is 52.2 cm³/mol. The van der Waals surface area contributed by atoms with Crippen molar-refractivity contribution in [2.75, 3.05) is 0 Å². The highest BCUT2D eigenvalue weighted by molar-refractivity contribution is 5.72. The van der Waals surface area contributed by atoms with Crippen LogP contribution in [0.25, 0.3) is 11.0 Å². The van der Waals surface area contributed by atoms with Gasteiger partial charge in [-0.25, -0.2) is 4.98 Å². The van der Waals surface area contributed by atoms with Crippen molar-refractivity contribution in [1.29, 1.82) is 0 Å². The van der Waals surface area contributed by atoms with Crippen molar-refractivity contribution >= 4 is 11.0 Å². The molecule has 0 atom stereocenters. The first-order valence-electron chi connectivity index (χ1n) is 4.12. The zero-order valence-electron chi connectivity index (χ0n) is 7.89. The third-order valence-electron chi connectivity index (χ3n) is 2.19. The van der Waals surface area contributed by atoms with Gasteiger partial charge in [-0.05, 0) is 6.07 Å². The van der Waals surface area contributed by atoms with E-state index in [0.29, 0.717) is 11.0 Å². The number of hydrogen-bond acceptors (Lipinski definition) is 3. The van der Waals surface area contributed by atoms with E-state index in [9.17, 15) is 9.59 Å². The summed E-state index contributed by atoms with van der Waals surface area (Å²) >= 11 is 0. The van der Waals surface area contributed by atoms with E-state index < -0.39 is 0 Å². The van der Waals surface area contributed by atoms with E-state index in [0.717, 1.165) is 0 Å². The molecular formula is C9H9N3O2. The molecule has 2 aromatic rings. The van der Waals surface area contributed by atoms with Gasteiger partial charge in [0.1, 0.15) is 5.52 Å². The van der Waals surface area contributed by atoms with E-state index in [4.69, 9.17) is 0 Å². The molecule has 0 aromatic carbocycles. The fourth-order valence-corrected chi connectivity index (χ4v) is 1.35. The summed E-state index contributed by atoms with van der Waals surface area (Å²) in [6.45, 7) is 0. The quantitative estimate of drug-likeness (QED) is 0.571. The molecule has 0 saturated heterocycles. The fraction of sp³-hybridized carbons (Fsp3) is 0.222. The molecule has 2 rings (SSSR count). The lowest BCUT2D eigenvalue weighted by Crippen LogP contribution is -2.25. The van der Waals surface area contributed by atoms with Gasteiger partial charge in [0, 0.05) is 20.2 Å². The monoisotopic (exact) mass is 191 g/mol. The normalized spacial score (nSPS) is 10.7. The van der Waals surface area contributed by atoms with E-state index in [2.05, 4.69) is 4.98 Å². The summed E-state index contributed by atoms with van der Waals surface area (Å²) in [6.07, 6.45) is 1.44. The van der Waals surface area contributed by atoms with Crippen LogP contribution in [0.3, 0.4) is 0 Å². The van der Waals surface area contributed by atoms with Crippen LogP contribution >= 0.6 is 0 Å². The molecule has 0 fully saturated rings. The summed E-state index contributed by atoms with van der Waals surface area (Å²) in [5.74, 6) is 0. The zero-order valence-corrected chi connectivity index (χ0v) is 7.89. The highest BCUT2D eigenvalue weighted by Crippen LogP contribution is 2.00. The summed E-state index contributed by atoms with van der Waals surface area (Å²) < 4.78 is 2.66. The van der Waals surface area contributed by atoms with Crippen molar-refractivity contribution in [3.05, 3.63) is 39.2 Å². The molecule has 5 heteroatoms. The molecule has 0 N–H and O–H groups in total. The molecule has 0 saturated carbocycles. The minimum absolute atomic E-state index is 0.206. The predicted octanol–water partition coefficient (Wildman–Crippen LogP) is -0.368. The van der Waals surface area contributed by atoms with Gasteiger partial charge in [0.05, 0.1) is 11.8 Å². The number of pyridine rings is 1. The van der Waals surface area contributed by atoms with Gasteiger partial charge in [-0.15, -0.1) is 0 Å². The molecule has 5 nitrogen and oxygen atoms in total. The maximum Gasteiger partial charge on any atom is 0.277 e. The van der Waals surface area contributed by atoms with Gasteiger partial charge in [-0.3, -0.25) is 9.59 Å². The average molecular weight is 191 g/mol. The van der Waals surface area contributed by atoms with Crippen LogP contribution in [-0.2, 0) is 14.1 Å². The van der Waals surface area contributed by atoms with E-state index in [1.807, 2.05) is 0 Å². The Bertz CT molecular complexity index is 609. The van der Waals surface area contributed by atoms with Crippen LogP contribution in [0.1, 0.15) is 0 Å². The number of aromatic nitrogens is 3. The first-order chi connectivity index (χ1) is 6.61. The van der Waals surface area contributed by atoms with Crippen molar-refractivity contribution in [2.45, 2.75) is 0 Å². The van der Waals surface area contributed by atoms with Gasteiger partial charge in [0.15, 0.2) is 0 Å². The molecule has 2 aromatic heterocycles. The molecule has 0 unspecified atom stereocenters. The standard InChI is InChI=1S/C9H9N3O2/c1-11-5-10-6-3-4-7(13)12(2)8(6)9(11)14/h3-5H,1-2H3. The minimum Gasteiger partial charge on any atom is -0.305 e. The lowest BCUT2D eigenvalue weighted by Gasteiger charge is -2.03. The van der Waals surface area contributed by atoms with Crippen molar-refractivity contribution in [1.82, 2.24) is 14.1 Å². The average Bonchev–Trinajstić information content (AvgIpc) is 2.17. The maximum atomic E-state index is 11.7. The van der Waals surface area contributed by atoms with Crippen LogP contribution in [-0.4, -0.2) is 14.1 Å². The number of nitrogens with zero attached hydrogens (tertiary/aromatic N) is 3. The second kappa shape index (κ2) is 2.80. The van der Waals surface area contributed by atoms with Crippen LogP contribution in [0, 0.1) is 0 Å². The summed E-state index contributed by atoms with van der Waals surface area (Å²) in [5, 5.41) is 0. The molecule has 0 aliphatic carbocycles. The first kappa shape index (κ1) is 8.68. The number of aryl methyl sites for hydroxylation is 2.